The molecule has 0 saturated carbocycles. The third-order valence-electron chi connectivity index (χ3n) is 2.36. The molecule has 16 heavy (non-hydrogen) atoms. The number of para-hydroxylation sites is 1. The van der Waals surface area contributed by atoms with Gasteiger partial charge in [0.25, 0.3) is 0 Å². The predicted molar refractivity (Wildman–Crippen MR) is 61.4 cm³/mol. The predicted octanol–water partition coefficient (Wildman–Crippen LogP) is 3.19. The van der Waals surface area contributed by atoms with E-state index in [2.05, 4.69) is 0 Å². The number of anilines is 1. The maximum atomic E-state index is 5.67. The summed E-state index contributed by atoms with van der Waals surface area (Å²) in [5.74, 6) is 1.68. The van der Waals surface area contributed by atoms with Crippen molar-refractivity contribution >= 4 is 5.69 Å². The van der Waals surface area contributed by atoms with Crippen LogP contribution in [0.3, 0.4) is 0 Å². The van der Waals surface area contributed by atoms with Crippen molar-refractivity contribution < 1.29 is 9.57 Å². The zero-order valence-corrected chi connectivity index (χ0v) is 8.67. The van der Waals surface area contributed by atoms with Gasteiger partial charge in [0.05, 0.1) is 5.69 Å². The molecular weight excluding hydrogens is 202 g/mol. The average molecular weight is 213 g/mol. The first-order valence-electron chi connectivity index (χ1n) is 5.15. The molecule has 0 radical (unpaired) electrons. The number of rotatable bonds is 3. The Hall–Kier alpha value is -2.00. The maximum Gasteiger partial charge on any atom is 0.171 e. The van der Waals surface area contributed by atoms with E-state index in [9.17, 15) is 0 Å². The molecule has 0 unspecified atom stereocenters. The highest BCUT2D eigenvalue weighted by Gasteiger charge is 2.19. The number of nitrogens with zero attached hydrogens (tertiary/aromatic N) is 1. The van der Waals surface area contributed by atoms with Crippen LogP contribution in [-0.2, 0) is 4.84 Å². The Kier molecular flexibility index (Phi) is 2.23. The molecule has 1 aliphatic rings. The molecule has 2 aromatic carbocycles. The fraction of sp³-hybridized carbons (Fsp3) is 0.0769. The molecule has 0 spiro atoms. The summed E-state index contributed by atoms with van der Waals surface area (Å²) in [5, 5.41) is 1.81. The quantitative estimate of drug-likeness (QED) is 0.732. The van der Waals surface area contributed by atoms with Gasteiger partial charge in [0.1, 0.15) is 11.5 Å². The lowest BCUT2D eigenvalue weighted by Crippen LogP contribution is -1.89. The molecule has 3 nitrogen and oxygen atoms in total. The minimum absolute atomic E-state index is 0.679. The first-order chi connectivity index (χ1) is 7.92. The molecule has 0 amide bonds. The van der Waals surface area contributed by atoms with Gasteiger partial charge in [-0.1, -0.05) is 18.2 Å². The highest BCUT2D eigenvalue weighted by atomic mass is 16.8. The van der Waals surface area contributed by atoms with Gasteiger partial charge >= 0.3 is 0 Å². The van der Waals surface area contributed by atoms with Crippen molar-refractivity contribution in [1.82, 2.24) is 0 Å². The normalized spacial score (nSPS) is 13.6. The topological polar surface area (TPSA) is 24.8 Å². The lowest BCUT2D eigenvalue weighted by Gasteiger charge is -2.05. The minimum Gasteiger partial charge on any atom is -0.457 e. The van der Waals surface area contributed by atoms with E-state index >= 15 is 0 Å². The van der Waals surface area contributed by atoms with E-state index in [1.54, 1.807) is 0 Å². The van der Waals surface area contributed by atoms with Gasteiger partial charge < -0.3 is 4.74 Å². The molecule has 1 heterocycles. The van der Waals surface area contributed by atoms with Gasteiger partial charge in [0.15, 0.2) is 6.73 Å². The molecule has 0 aromatic heterocycles. The summed E-state index contributed by atoms with van der Waals surface area (Å²) in [5.41, 5.74) is 1.06. The summed E-state index contributed by atoms with van der Waals surface area (Å²) in [6.07, 6.45) is 0. The first-order valence-corrected chi connectivity index (χ1v) is 5.15. The molecule has 1 fully saturated rings. The lowest BCUT2D eigenvalue weighted by molar-refractivity contribution is 0.452. The van der Waals surface area contributed by atoms with Crippen molar-refractivity contribution in [1.29, 1.82) is 0 Å². The zero-order chi connectivity index (χ0) is 10.8. The highest BCUT2D eigenvalue weighted by molar-refractivity contribution is 5.49. The van der Waals surface area contributed by atoms with Crippen LogP contribution >= 0.6 is 0 Å². The van der Waals surface area contributed by atoms with Crippen molar-refractivity contribution in [3.8, 4) is 11.5 Å². The summed E-state index contributed by atoms with van der Waals surface area (Å²) >= 11 is 0. The summed E-state index contributed by atoms with van der Waals surface area (Å²) in [6.45, 7) is 0.679. The Bertz CT molecular complexity index is 463. The molecule has 0 N–H and O–H groups in total. The lowest BCUT2D eigenvalue weighted by atomic mass is 10.3. The van der Waals surface area contributed by atoms with Crippen LogP contribution in [0.25, 0.3) is 0 Å². The number of hydrogen-bond donors (Lipinski definition) is 0. The number of benzene rings is 2. The molecule has 3 heteroatoms. The van der Waals surface area contributed by atoms with Crippen LogP contribution in [0.5, 0.6) is 11.5 Å². The van der Waals surface area contributed by atoms with Crippen molar-refractivity contribution in [2.75, 3.05) is 11.8 Å². The second-order valence-corrected chi connectivity index (χ2v) is 3.55. The molecule has 80 valence electrons. The fourth-order valence-corrected chi connectivity index (χ4v) is 1.48. The van der Waals surface area contributed by atoms with Gasteiger partial charge in [-0.05, 0) is 36.4 Å². The average Bonchev–Trinajstić information content (AvgIpc) is 3.15. The van der Waals surface area contributed by atoms with Gasteiger partial charge in [-0.15, -0.1) is 0 Å². The Morgan fingerprint density at radius 1 is 0.875 bits per heavy atom. The van der Waals surface area contributed by atoms with Crippen LogP contribution in [0.15, 0.2) is 54.6 Å². The standard InChI is InChI=1S/C13H11NO2/c1-2-4-12(5-3-1)16-13-8-6-11(7-9-13)14-10-15-14/h1-9H,10H2. The van der Waals surface area contributed by atoms with E-state index in [0.717, 1.165) is 17.2 Å². The minimum atomic E-state index is 0.679. The smallest absolute Gasteiger partial charge is 0.171 e. The number of hydrogen-bond acceptors (Lipinski definition) is 3. The van der Waals surface area contributed by atoms with Crippen LogP contribution in [0, 0.1) is 0 Å². The Morgan fingerprint density at radius 2 is 1.50 bits per heavy atom. The Morgan fingerprint density at radius 3 is 2.12 bits per heavy atom. The molecule has 1 aliphatic heterocycles. The number of ether oxygens (including phenoxy) is 1. The Labute approximate surface area is 93.8 Å². The molecule has 3 rings (SSSR count). The molecule has 0 bridgehead atoms. The van der Waals surface area contributed by atoms with E-state index in [1.165, 1.54) is 0 Å². The summed E-state index contributed by atoms with van der Waals surface area (Å²) in [4.78, 5) is 5.05. The Balaban J connectivity index is 1.75. The van der Waals surface area contributed by atoms with E-state index < -0.39 is 0 Å². The van der Waals surface area contributed by atoms with Gasteiger partial charge in [-0.25, -0.2) is 9.90 Å². The number of hydroxylamine groups is 1. The van der Waals surface area contributed by atoms with Gasteiger partial charge in [-0.2, -0.15) is 0 Å². The molecule has 2 aromatic rings. The summed E-state index contributed by atoms with van der Waals surface area (Å²) in [6, 6.07) is 17.6. The van der Waals surface area contributed by atoms with Crippen LogP contribution in [0.1, 0.15) is 0 Å². The van der Waals surface area contributed by atoms with Crippen LogP contribution in [-0.4, -0.2) is 6.73 Å². The van der Waals surface area contributed by atoms with Crippen molar-refractivity contribution in [2.24, 2.45) is 0 Å². The van der Waals surface area contributed by atoms with Gasteiger partial charge in [0, 0.05) is 0 Å². The van der Waals surface area contributed by atoms with E-state index in [4.69, 9.17) is 9.57 Å². The third kappa shape index (κ3) is 1.99. The first kappa shape index (κ1) is 9.24. The zero-order valence-electron chi connectivity index (χ0n) is 8.67. The summed E-state index contributed by atoms with van der Waals surface area (Å²) in [7, 11) is 0. The second-order valence-electron chi connectivity index (χ2n) is 3.55. The second kappa shape index (κ2) is 3.87. The van der Waals surface area contributed by atoms with Crippen molar-refractivity contribution in [2.45, 2.75) is 0 Å². The molecule has 0 atom stereocenters. The van der Waals surface area contributed by atoms with Crippen LogP contribution in [0.4, 0.5) is 5.69 Å². The van der Waals surface area contributed by atoms with Crippen LogP contribution < -0.4 is 9.80 Å². The summed E-state index contributed by atoms with van der Waals surface area (Å²) < 4.78 is 5.67. The molecule has 1 saturated heterocycles. The SMILES string of the molecule is c1ccc(Oc2ccc(N3CO3)cc2)cc1. The van der Waals surface area contributed by atoms with E-state index in [1.807, 2.05) is 59.7 Å². The maximum absolute atomic E-state index is 5.67. The monoisotopic (exact) mass is 213 g/mol. The molecular formula is C13H11NO2. The molecule has 0 aliphatic carbocycles. The fourth-order valence-electron chi connectivity index (χ4n) is 1.48. The van der Waals surface area contributed by atoms with Crippen molar-refractivity contribution in [3.05, 3.63) is 54.6 Å². The van der Waals surface area contributed by atoms with Gasteiger partial charge in [0.2, 0.25) is 0 Å². The van der Waals surface area contributed by atoms with Crippen LogP contribution in [0.2, 0.25) is 0 Å². The largest absolute Gasteiger partial charge is 0.457 e. The van der Waals surface area contributed by atoms with E-state index in [0.29, 0.717) is 6.73 Å². The third-order valence-corrected chi connectivity index (χ3v) is 2.36. The van der Waals surface area contributed by atoms with Gasteiger partial charge in [-0.3, -0.25) is 0 Å². The van der Waals surface area contributed by atoms with E-state index in [-0.39, 0.29) is 0 Å². The highest BCUT2D eigenvalue weighted by Crippen LogP contribution is 2.27. The van der Waals surface area contributed by atoms with Crippen molar-refractivity contribution in [3.63, 3.8) is 0 Å².